The topological polar surface area (TPSA) is 29.1 Å². The molecule has 0 aromatic rings. The van der Waals surface area contributed by atoms with Gasteiger partial charge < -0.3 is 5.32 Å². The van der Waals surface area contributed by atoms with Crippen LogP contribution >= 0.6 is 0 Å². The number of hydrogen-bond acceptors (Lipinski definition) is 1. The van der Waals surface area contributed by atoms with Crippen molar-refractivity contribution in [2.24, 2.45) is 23.2 Å². The summed E-state index contributed by atoms with van der Waals surface area (Å²) in [5.74, 6) is 3.19. The Kier molecular flexibility index (Phi) is 7.85. The lowest BCUT2D eigenvalue weighted by Crippen LogP contribution is -2.76. The quantitative estimate of drug-likeness (QED) is 0.498. The van der Waals surface area contributed by atoms with Crippen molar-refractivity contribution in [2.75, 3.05) is 0 Å². The first-order valence-electron chi connectivity index (χ1n) is 13.9. The number of rotatable bonds is 3. The first-order valence-corrected chi connectivity index (χ1v) is 13.9. The van der Waals surface area contributed by atoms with E-state index in [0.717, 1.165) is 17.8 Å². The Labute approximate surface area is 186 Å². The molecule has 2 heteroatoms. The largest absolute Gasteiger partial charge is 0.351 e. The average molecular weight is 416 g/mol. The van der Waals surface area contributed by atoms with Crippen molar-refractivity contribution in [1.29, 1.82) is 0 Å². The Hall–Kier alpha value is -0.530. The van der Waals surface area contributed by atoms with Gasteiger partial charge in [0.1, 0.15) is 0 Å². The molecule has 1 amide bonds. The predicted molar refractivity (Wildman–Crippen MR) is 126 cm³/mol. The van der Waals surface area contributed by atoms with Crippen LogP contribution < -0.4 is 5.32 Å². The van der Waals surface area contributed by atoms with E-state index in [-0.39, 0.29) is 11.4 Å². The molecule has 5 aliphatic rings. The van der Waals surface area contributed by atoms with Crippen LogP contribution in [-0.4, -0.2) is 11.4 Å². The maximum absolute atomic E-state index is 11.5. The van der Waals surface area contributed by atoms with E-state index in [9.17, 15) is 4.79 Å². The maximum Gasteiger partial charge on any atom is 0.217 e. The van der Waals surface area contributed by atoms with Gasteiger partial charge in [0.25, 0.3) is 0 Å². The van der Waals surface area contributed by atoms with Gasteiger partial charge in [-0.2, -0.15) is 0 Å². The van der Waals surface area contributed by atoms with Crippen LogP contribution in [0.4, 0.5) is 0 Å². The summed E-state index contributed by atoms with van der Waals surface area (Å²) in [5, 5.41) is 3.26. The number of carbonyl (C=O) groups is 1. The lowest BCUT2D eigenvalue weighted by atomic mass is 9.35. The average Bonchev–Trinajstić information content (AvgIpc) is 2.73. The summed E-state index contributed by atoms with van der Waals surface area (Å²) in [4.78, 5) is 11.5. The molecule has 1 N–H and O–H groups in total. The van der Waals surface area contributed by atoms with Crippen LogP contribution in [0.2, 0.25) is 0 Å². The molecule has 0 aromatic heterocycles. The molecule has 5 saturated carbocycles. The fraction of sp³-hybridized carbons (Fsp3) is 0.964. The molecule has 2 bridgehead atoms. The molecule has 30 heavy (non-hydrogen) atoms. The summed E-state index contributed by atoms with van der Waals surface area (Å²) in [6.45, 7) is 1.69. The second-order valence-electron chi connectivity index (χ2n) is 12.0. The molecule has 0 unspecified atom stereocenters. The van der Waals surface area contributed by atoms with Crippen molar-refractivity contribution in [2.45, 2.75) is 147 Å². The summed E-state index contributed by atoms with van der Waals surface area (Å²) in [7, 11) is 0. The molecule has 5 aliphatic carbocycles. The smallest absolute Gasteiger partial charge is 0.217 e. The van der Waals surface area contributed by atoms with E-state index in [2.05, 4.69) is 5.32 Å². The lowest BCUT2D eigenvalue weighted by Gasteiger charge is -2.73. The van der Waals surface area contributed by atoms with Crippen molar-refractivity contribution in [3.05, 3.63) is 0 Å². The van der Waals surface area contributed by atoms with Gasteiger partial charge in [0, 0.05) is 12.5 Å². The van der Waals surface area contributed by atoms with Gasteiger partial charge in [0.05, 0.1) is 0 Å². The zero-order chi connectivity index (χ0) is 20.9. The third-order valence-electron chi connectivity index (χ3n) is 9.70. The minimum absolute atomic E-state index is 0.177. The zero-order valence-corrected chi connectivity index (χ0v) is 20.0. The molecular weight excluding hydrogens is 366 g/mol. The highest BCUT2D eigenvalue weighted by Crippen LogP contribution is 2.72. The molecule has 5 fully saturated rings. The van der Waals surface area contributed by atoms with E-state index in [1.807, 2.05) is 0 Å². The molecule has 0 aliphatic heterocycles. The molecule has 0 spiro atoms. The van der Waals surface area contributed by atoms with Gasteiger partial charge in [-0.1, -0.05) is 103 Å². The SMILES string of the molecule is CC(=O)NC12CC(C3CCCCC(C4CCCCCCCCCC4)CCCC3)(C1)C2. The van der Waals surface area contributed by atoms with E-state index >= 15 is 0 Å². The van der Waals surface area contributed by atoms with Crippen molar-refractivity contribution in [3.63, 3.8) is 0 Å². The van der Waals surface area contributed by atoms with E-state index in [1.165, 1.54) is 135 Å². The highest BCUT2D eigenvalue weighted by atomic mass is 16.1. The molecule has 0 radical (unpaired) electrons. The van der Waals surface area contributed by atoms with E-state index < -0.39 is 0 Å². The number of amides is 1. The van der Waals surface area contributed by atoms with Gasteiger partial charge >= 0.3 is 0 Å². The van der Waals surface area contributed by atoms with Crippen LogP contribution in [0, 0.1) is 23.2 Å². The normalized spacial score (nSPS) is 39.6. The molecule has 172 valence electrons. The highest BCUT2D eigenvalue weighted by Gasteiger charge is 2.70. The van der Waals surface area contributed by atoms with E-state index in [4.69, 9.17) is 0 Å². The summed E-state index contributed by atoms with van der Waals surface area (Å²) < 4.78 is 0. The van der Waals surface area contributed by atoms with Crippen molar-refractivity contribution in [3.8, 4) is 0 Å². The van der Waals surface area contributed by atoms with Crippen molar-refractivity contribution in [1.82, 2.24) is 5.32 Å². The Morgan fingerprint density at radius 3 is 1.40 bits per heavy atom. The Morgan fingerprint density at radius 1 is 0.600 bits per heavy atom. The summed E-state index contributed by atoms with van der Waals surface area (Å²) in [6, 6.07) is 0. The Balaban J connectivity index is 1.24. The first kappa shape index (κ1) is 22.7. The molecule has 0 saturated heterocycles. The van der Waals surface area contributed by atoms with Crippen LogP contribution in [-0.2, 0) is 4.79 Å². The predicted octanol–water partition coefficient (Wildman–Crippen LogP) is 7.94. The number of hydrogen-bond donors (Lipinski definition) is 1. The minimum atomic E-state index is 0.177. The number of carbonyl (C=O) groups excluding carboxylic acids is 1. The molecule has 0 atom stereocenters. The van der Waals surface area contributed by atoms with Gasteiger partial charge in [-0.05, 0) is 55.3 Å². The third kappa shape index (κ3) is 5.44. The van der Waals surface area contributed by atoms with E-state index in [0.29, 0.717) is 5.41 Å². The van der Waals surface area contributed by atoms with Gasteiger partial charge in [0.2, 0.25) is 5.91 Å². The number of nitrogens with one attached hydrogen (secondary N) is 1. The Bertz CT molecular complexity index is 511. The zero-order valence-electron chi connectivity index (χ0n) is 20.0. The van der Waals surface area contributed by atoms with Crippen LogP contribution in [0.25, 0.3) is 0 Å². The van der Waals surface area contributed by atoms with Gasteiger partial charge in [0.15, 0.2) is 0 Å². The van der Waals surface area contributed by atoms with Crippen molar-refractivity contribution >= 4 is 5.91 Å². The third-order valence-corrected chi connectivity index (χ3v) is 9.70. The van der Waals surface area contributed by atoms with Gasteiger partial charge in [-0.3, -0.25) is 4.79 Å². The molecular formula is C28H49NO. The fourth-order valence-corrected chi connectivity index (χ4v) is 8.26. The molecule has 0 aromatic carbocycles. The van der Waals surface area contributed by atoms with Gasteiger partial charge in [-0.25, -0.2) is 0 Å². The monoisotopic (exact) mass is 415 g/mol. The molecule has 0 heterocycles. The fourth-order valence-electron chi connectivity index (χ4n) is 8.26. The summed E-state index contributed by atoms with van der Waals surface area (Å²) in [6.07, 6.45) is 30.7. The van der Waals surface area contributed by atoms with Crippen LogP contribution in [0.1, 0.15) is 142 Å². The summed E-state index contributed by atoms with van der Waals surface area (Å²) >= 11 is 0. The molecule has 2 nitrogen and oxygen atoms in total. The maximum atomic E-state index is 11.5. The van der Waals surface area contributed by atoms with E-state index in [1.54, 1.807) is 6.92 Å². The highest BCUT2D eigenvalue weighted by molar-refractivity contribution is 5.74. The van der Waals surface area contributed by atoms with Crippen LogP contribution in [0.3, 0.4) is 0 Å². The van der Waals surface area contributed by atoms with Crippen LogP contribution in [0.5, 0.6) is 0 Å². The second-order valence-corrected chi connectivity index (χ2v) is 12.0. The molecule has 5 rings (SSSR count). The van der Waals surface area contributed by atoms with Crippen LogP contribution in [0.15, 0.2) is 0 Å². The lowest BCUT2D eigenvalue weighted by molar-refractivity contribution is -0.196. The first-order chi connectivity index (χ1) is 14.6. The second kappa shape index (κ2) is 10.4. The summed E-state index contributed by atoms with van der Waals surface area (Å²) in [5.41, 5.74) is 0.844. The Morgan fingerprint density at radius 2 is 0.967 bits per heavy atom. The van der Waals surface area contributed by atoms with Crippen molar-refractivity contribution < 1.29 is 4.79 Å². The standard InChI is InChI=1S/C28H49NO/c1-23(30)29-28-20-27(21-28,22-28)26-18-12-10-16-25(17-11-13-19-26)24-14-8-6-4-2-3-5-7-9-15-24/h24-26H,2-22H2,1H3,(H,29,30). The van der Waals surface area contributed by atoms with Gasteiger partial charge in [-0.15, -0.1) is 0 Å². The minimum Gasteiger partial charge on any atom is -0.351 e.